The quantitative estimate of drug-likeness (QED) is 0.0543. The smallest absolute Gasteiger partial charge is 0.306 e. The largest absolute Gasteiger partial charge is 0.466 e. The molecule has 0 saturated heterocycles. The summed E-state index contributed by atoms with van der Waals surface area (Å²) in [6.07, 6.45) is 31.4. The first-order chi connectivity index (χ1) is 22.1. The Morgan fingerprint density at radius 2 is 0.933 bits per heavy atom. The number of hydrogen-bond donors (Lipinski definition) is 1. The van der Waals surface area contributed by atoms with E-state index in [-0.39, 0.29) is 24.6 Å². The monoisotopic (exact) mass is 640 g/mol. The third kappa shape index (κ3) is 32.6. The Morgan fingerprint density at radius 1 is 0.511 bits per heavy atom. The molecule has 0 heterocycles. The maximum atomic E-state index is 12.5. The van der Waals surface area contributed by atoms with Gasteiger partial charge in [-0.1, -0.05) is 130 Å². The van der Waals surface area contributed by atoms with Crippen molar-refractivity contribution in [2.45, 2.75) is 207 Å². The highest BCUT2D eigenvalue weighted by Crippen LogP contribution is 2.17. The van der Waals surface area contributed by atoms with Gasteiger partial charge < -0.3 is 19.5 Å². The number of carbonyl (C=O) groups is 2. The molecule has 1 N–H and O–H groups in total. The van der Waals surface area contributed by atoms with Gasteiger partial charge in [0.2, 0.25) is 0 Å². The van der Waals surface area contributed by atoms with Crippen molar-refractivity contribution in [1.29, 1.82) is 0 Å². The van der Waals surface area contributed by atoms with E-state index in [1.807, 2.05) is 0 Å². The van der Waals surface area contributed by atoms with Gasteiger partial charge in [-0.25, -0.2) is 0 Å². The van der Waals surface area contributed by atoms with Crippen LogP contribution in [0, 0.1) is 0 Å². The highest BCUT2D eigenvalue weighted by Gasteiger charge is 2.14. The molecule has 268 valence electrons. The first kappa shape index (κ1) is 43.9. The minimum atomic E-state index is -0.0327. The second kappa shape index (κ2) is 35.7. The van der Waals surface area contributed by atoms with E-state index in [4.69, 9.17) is 9.47 Å². The van der Waals surface area contributed by atoms with Gasteiger partial charge in [0.15, 0.2) is 0 Å². The summed E-state index contributed by atoms with van der Waals surface area (Å²) in [6, 6.07) is 0. The Kier molecular flexibility index (Phi) is 34.8. The van der Waals surface area contributed by atoms with E-state index in [9.17, 15) is 14.7 Å². The van der Waals surface area contributed by atoms with Crippen LogP contribution < -0.4 is 0 Å². The standard InChI is InChI=1S/C39H77NO5/c1-4-7-10-12-13-20-27-36-44-38(42)30-23-16-14-18-25-32-40(34-35-41)33-26-19-15-17-24-31-39(43)45-37(28-21-9-6-3)29-22-11-8-5-2/h37,41H,4-36H2,1-3H3. The molecule has 6 heteroatoms. The summed E-state index contributed by atoms with van der Waals surface area (Å²) in [5, 5.41) is 9.49. The molecule has 0 aromatic carbocycles. The van der Waals surface area contributed by atoms with Crippen molar-refractivity contribution in [3.05, 3.63) is 0 Å². The molecular formula is C39H77NO5. The summed E-state index contributed by atoms with van der Waals surface area (Å²) in [5.74, 6) is -0.0329. The van der Waals surface area contributed by atoms with E-state index in [1.165, 1.54) is 89.9 Å². The molecule has 0 aliphatic carbocycles. The number of ether oxygens (including phenoxy) is 2. The van der Waals surface area contributed by atoms with Crippen molar-refractivity contribution in [3.63, 3.8) is 0 Å². The summed E-state index contributed by atoms with van der Waals surface area (Å²) in [7, 11) is 0. The van der Waals surface area contributed by atoms with Gasteiger partial charge in [0.1, 0.15) is 6.10 Å². The number of hydrogen-bond acceptors (Lipinski definition) is 6. The molecule has 0 radical (unpaired) electrons. The zero-order valence-corrected chi connectivity index (χ0v) is 30.4. The van der Waals surface area contributed by atoms with Gasteiger partial charge in [-0.3, -0.25) is 9.59 Å². The fourth-order valence-electron chi connectivity index (χ4n) is 5.99. The summed E-state index contributed by atoms with van der Waals surface area (Å²) in [6.45, 7) is 10.3. The van der Waals surface area contributed by atoms with E-state index in [0.717, 1.165) is 96.7 Å². The Morgan fingerprint density at radius 3 is 1.49 bits per heavy atom. The fourth-order valence-corrected chi connectivity index (χ4v) is 5.99. The number of rotatable bonds is 36. The zero-order valence-electron chi connectivity index (χ0n) is 30.4. The van der Waals surface area contributed by atoms with Gasteiger partial charge >= 0.3 is 11.9 Å². The van der Waals surface area contributed by atoms with Crippen LogP contribution in [0.2, 0.25) is 0 Å². The van der Waals surface area contributed by atoms with Gasteiger partial charge in [0.25, 0.3) is 0 Å². The molecule has 0 aliphatic rings. The van der Waals surface area contributed by atoms with E-state index < -0.39 is 0 Å². The molecule has 0 aromatic rings. The number of aliphatic hydroxyl groups is 1. The van der Waals surface area contributed by atoms with Crippen molar-refractivity contribution >= 4 is 11.9 Å². The maximum absolute atomic E-state index is 12.5. The summed E-state index contributed by atoms with van der Waals surface area (Å²) >= 11 is 0. The van der Waals surface area contributed by atoms with Crippen LogP contribution >= 0.6 is 0 Å². The fraction of sp³-hybridized carbons (Fsp3) is 0.949. The van der Waals surface area contributed by atoms with Crippen LogP contribution in [0.4, 0.5) is 0 Å². The molecule has 0 spiro atoms. The second-order valence-corrected chi connectivity index (χ2v) is 13.4. The number of unbranched alkanes of at least 4 members (excludes halogenated alkanes) is 19. The van der Waals surface area contributed by atoms with Crippen LogP contribution in [0.15, 0.2) is 0 Å². The Labute approximate surface area is 280 Å². The molecule has 0 aromatic heterocycles. The molecule has 0 amide bonds. The van der Waals surface area contributed by atoms with Crippen LogP contribution in [-0.4, -0.2) is 60.9 Å². The lowest BCUT2D eigenvalue weighted by Gasteiger charge is -2.21. The lowest BCUT2D eigenvalue weighted by atomic mass is 10.0. The lowest BCUT2D eigenvalue weighted by molar-refractivity contribution is -0.150. The number of esters is 2. The van der Waals surface area contributed by atoms with E-state index in [0.29, 0.717) is 19.4 Å². The second-order valence-electron chi connectivity index (χ2n) is 13.4. The highest BCUT2D eigenvalue weighted by atomic mass is 16.5. The van der Waals surface area contributed by atoms with Crippen molar-refractivity contribution in [1.82, 2.24) is 4.90 Å². The predicted octanol–water partition coefficient (Wildman–Crippen LogP) is 10.7. The van der Waals surface area contributed by atoms with E-state index in [2.05, 4.69) is 25.7 Å². The van der Waals surface area contributed by atoms with Crippen molar-refractivity contribution in [2.75, 3.05) is 32.8 Å². The zero-order chi connectivity index (χ0) is 33.1. The summed E-state index contributed by atoms with van der Waals surface area (Å²) in [4.78, 5) is 26.8. The molecular weight excluding hydrogens is 562 g/mol. The summed E-state index contributed by atoms with van der Waals surface area (Å²) in [5.41, 5.74) is 0. The average molecular weight is 640 g/mol. The van der Waals surface area contributed by atoms with Gasteiger partial charge in [0.05, 0.1) is 13.2 Å². The minimum Gasteiger partial charge on any atom is -0.466 e. The molecule has 45 heavy (non-hydrogen) atoms. The third-order valence-electron chi connectivity index (χ3n) is 8.95. The summed E-state index contributed by atoms with van der Waals surface area (Å²) < 4.78 is 11.3. The van der Waals surface area contributed by atoms with Crippen LogP contribution in [0.1, 0.15) is 201 Å². The Bertz CT molecular complexity index is 629. The molecule has 0 fully saturated rings. The molecule has 1 atom stereocenters. The molecule has 0 aliphatic heterocycles. The SMILES string of the molecule is CCCCCCCCCOC(=O)CCCCCCCN(CCO)CCCCCCCC(=O)OC(CCCCC)CCCCCC. The van der Waals surface area contributed by atoms with Crippen LogP contribution in [0.3, 0.4) is 0 Å². The Balaban J connectivity index is 3.80. The van der Waals surface area contributed by atoms with Gasteiger partial charge in [-0.15, -0.1) is 0 Å². The van der Waals surface area contributed by atoms with Crippen molar-refractivity contribution < 1.29 is 24.2 Å². The normalized spacial score (nSPS) is 12.1. The first-order valence-corrected chi connectivity index (χ1v) is 19.8. The number of aliphatic hydroxyl groups excluding tert-OH is 1. The molecule has 0 rings (SSSR count). The topological polar surface area (TPSA) is 76.1 Å². The average Bonchev–Trinajstić information content (AvgIpc) is 3.03. The molecule has 1 unspecified atom stereocenters. The Hall–Kier alpha value is -1.14. The van der Waals surface area contributed by atoms with Crippen LogP contribution in [0.5, 0.6) is 0 Å². The maximum Gasteiger partial charge on any atom is 0.306 e. The highest BCUT2D eigenvalue weighted by molar-refractivity contribution is 5.69. The van der Waals surface area contributed by atoms with Crippen molar-refractivity contribution in [2.24, 2.45) is 0 Å². The van der Waals surface area contributed by atoms with Crippen molar-refractivity contribution in [3.8, 4) is 0 Å². The van der Waals surface area contributed by atoms with Crippen LogP contribution in [0.25, 0.3) is 0 Å². The lowest BCUT2D eigenvalue weighted by Crippen LogP contribution is -2.29. The van der Waals surface area contributed by atoms with Gasteiger partial charge in [0, 0.05) is 19.4 Å². The number of carbonyl (C=O) groups excluding carboxylic acids is 2. The van der Waals surface area contributed by atoms with E-state index in [1.54, 1.807) is 0 Å². The minimum absolute atomic E-state index is 0.000142. The van der Waals surface area contributed by atoms with Gasteiger partial charge in [-0.05, 0) is 70.9 Å². The van der Waals surface area contributed by atoms with Crippen LogP contribution in [-0.2, 0) is 19.1 Å². The first-order valence-electron chi connectivity index (χ1n) is 19.8. The third-order valence-corrected chi connectivity index (χ3v) is 8.95. The predicted molar refractivity (Wildman–Crippen MR) is 191 cm³/mol. The molecule has 0 saturated carbocycles. The van der Waals surface area contributed by atoms with Gasteiger partial charge in [-0.2, -0.15) is 0 Å². The van der Waals surface area contributed by atoms with E-state index >= 15 is 0 Å². The molecule has 6 nitrogen and oxygen atoms in total. The molecule has 0 bridgehead atoms. The number of nitrogens with zero attached hydrogens (tertiary/aromatic N) is 1.